The van der Waals surface area contributed by atoms with E-state index in [9.17, 15) is 4.79 Å². The van der Waals surface area contributed by atoms with Crippen LogP contribution in [0.1, 0.15) is 26.3 Å². The molecule has 0 amide bonds. The van der Waals surface area contributed by atoms with Gasteiger partial charge in [-0.05, 0) is 45.0 Å². The Morgan fingerprint density at radius 3 is 2.63 bits per heavy atom. The molecule has 1 heterocycles. The molecule has 1 aromatic heterocycles. The third-order valence-electron chi connectivity index (χ3n) is 2.46. The van der Waals surface area contributed by atoms with Gasteiger partial charge in [0.15, 0.2) is 0 Å². The minimum atomic E-state index is -0.594. The summed E-state index contributed by atoms with van der Waals surface area (Å²) in [6.07, 6.45) is -0.530. The van der Waals surface area contributed by atoms with Crippen molar-refractivity contribution in [1.82, 2.24) is 4.57 Å². The third kappa shape index (κ3) is 2.72. The molecule has 19 heavy (non-hydrogen) atoms. The smallest absolute Gasteiger partial charge is 0.420 e. The predicted molar refractivity (Wildman–Crippen MR) is 73.3 cm³/mol. The standard InChI is InChI=1S/C14H13ClN2O2/c1-14(2,3)19-13(18)17-11-5-4-9(8-16)6-10(11)7-12(17)15/h4-7H,1-3H3. The SMILES string of the molecule is CC(C)(C)OC(=O)n1c(Cl)cc2cc(C#N)ccc21. The van der Waals surface area contributed by atoms with Gasteiger partial charge in [-0.3, -0.25) is 0 Å². The van der Waals surface area contributed by atoms with Crippen molar-refractivity contribution in [1.29, 1.82) is 5.26 Å². The van der Waals surface area contributed by atoms with Gasteiger partial charge in [-0.25, -0.2) is 9.36 Å². The number of nitrogens with zero attached hydrogens (tertiary/aromatic N) is 2. The quantitative estimate of drug-likeness (QED) is 0.732. The predicted octanol–water partition coefficient (Wildman–Crippen LogP) is 3.95. The van der Waals surface area contributed by atoms with Crippen LogP contribution in [-0.4, -0.2) is 16.3 Å². The van der Waals surface area contributed by atoms with E-state index in [-0.39, 0.29) is 5.15 Å². The number of hydrogen-bond acceptors (Lipinski definition) is 3. The van der Waals surface area contributed by atoms with Crippen LogP contribution in [0.15, 0.2) is 24.3 Å². The second kappa shape index (κ2) is 4.60. The molecule has 0 radical (unpaired) electrons. The highest BCUT2D eigenvalue weighted by Gasteiger charge is 2.21. The fourth-order valence-corrected chi connectivity index (χ4v) is 2.02. The summed E-state index contributed by atoms with van der Waals surface area (Å²) >= 11 is 6.07. The minimum absolute atomic E-state index is 0.263. The van der Waals surface area contributed by atoms with Crippen LogP contribution in [0.4, 0.5) is 4.79 Å². The topological polar surface area (TPSA) is 55.0 Å². The third-order valence-corrected chi connectivity index (χ3v) is 2.74. The largest absolute Gasteiger partial charge is 0.443 e. The van der Waals surface area contributed by atoms with Gasteiger partial charge in [0.1, 0.15) is 10.8 Å². The zero-order chi connectivity index (χ0) is 14.2. The van der Waals surface area contributed by atoms with Gasteiger partial charge in [-0.15, -0.1) is 0 Å². The Morgan fingerprint density at radius 1 is 1.37 bits per heavy atom. The van der Waals surface area contributed by atoms with Crippen LogP contribution in [0, 0.1) is 11.3 Å². The Kier molecular flexibility index (Phi) is 3.25. The molecular weight excluding hydrogens is 264 g/mol. The van der Waals surface area contributed by atoms with E-state index in [4.69, 9.17) is 21.6 Å². The summed E-state index contributed by atoms with van der Waals surface area (Å²) in [4.78, 5) is 12.1. The summed E-state index contributed by atoms with van der Waals surface area (Å²) in [5, 5.41) is 9.85. The van der Waals surface area contributed by atoms with E-state index in [1.165, 1.54) is 4.57 Å². The van der Waals surface area contributed by atoms with E-state index < -0.39 is 11.7 Å². The molecule has 0 atom stereocenters. The molecule has 98 valence electrons. The van der Waals surface area contributed by atoms with Crippen molar-refractivity contribution in [3.8, 4) is 6.07 Å². The van der Waals surface area contributed by atoms with E-state index in [0.717, 1.165) is 5.39 Å². The van der Waals surface area contributed by atoms with Crippen molar-refractivity contribution < 1.29 is 9.53 Å². The highest BCUT2D eigenvalue weighted by atomic mass is 35.5. The maximum atomic E-state index is 12.1. The molecule has 0 N–H and O–H groups in total. The van der Waals surface area contributed by atoms with Gasteiger partial charge in [0.25, 0.3) is 0 Å². The molecule has 0 saturated heterocycles. The van der Waals surface area contributed by atoms with E-state index in [2.05, 4.69) is 0 Å². The summed E-state index contributed by atoms with van der Waals surface area (Å²) in [5.74, 6) is 0. The number of ether oxygens (including phenoxy) is 1. The van der Waals surface area contributed by atoms with Gasteiger partial charge >= 0.3 is 6.09 Å². The van der Waals surface area contributed by atoms with Gasteiger partial charge in [0, 0.05) is 5.39 Å². The van der Waals surface area contributed by atoms with Crippen LogP contribution >= 0.6 is 11.6 Å². The maximum Gasteiger partial charge on any atom is 0.420 e. The first-order valence-corrected chi connectivity index (χ1v) is 6.14. The molecule has 2 rings (SSSR count). The normalized spacial score (nSPS) is 11.3. The molecule has 0 aliphatic carbocycles. The van der Waals surface area contributed by atoms with Crippen LogP contribution < -0.4 is 0 Å². The lowest BCUT2D eigenvalue weighted by molar-refractivity contribution is 0.0545. The summed E-state index contributed by atoms with van der Waals surface area (Å²) in [7, 11) is 0. The summed E-state index contributed by atoms with van der Waals surface area (Å²) in [6.45, 7) is 5.37. The molecule has 0 saturated carbocycles. The van der Waals surface area contributed by atoms with Crippen LogP contribution in [0.5, 0.6) is 0 Å². The molecule has 4 nitrogen and oxygen atoms in total. The summed E-state index contributed by atoms with van der Waals surface area (Å²) in [6, 6.07) is 8.69. The lowest BCUT2D eigenvalue weighted by Gasteiger charge is -2.20. The van der Waals surface area contributed by atoms with Gasteiger partial charge in [0.2, 0.25) is 0 Å². The molecule has 5 heteroatoms. The second-order valence-electron chi connectivity index (χ2n) is 5.17. The number of hydrogen-bond donors (Lipinski definition) is 0. The van der Waals surface area contributed by atoms with Gasteiger partial charge in [-0.2, -0.15) is 5.26 Å². The molecule has 0 aliphatic heterocycles. The first-order valence-electron chi connectivity index (χ1n) is 5.76. The average molecular weight is 277 g/mol. The number of benzene rings is 1. The first kappa shape index (κ1) is 13.4. The number of aromatic nitrogens is 1. The van der Waals surface area contributed by atoms with Crippen LogP contribution in [0.2, 0.25) is 5.15 Å². The molecule has 0 aliphatic rings. The van der Waals surface area contributed by atoms with Crippen molar-refractivity contribution in [3.05, 3.63) is 35.0 Å². The van der Waals surface area contributed by atoms with Crippen molar-refractivity contribution in [2.24, 2.45) is 0 Å². The van der Waals surface area contributed by atoms with Gasteiger partial charge in [0.05, 0.1) is 17.1 Å². The van der Waals surface area contributed by atoms with Gasteiger partial charge in [-0.1, -0.05) is 11.6 Å². The highest BCUT2D eigenvalue weighted by molar-refractivity contribution is 6.32. The molecule has 0 fully saturated rings. The Balaban J connectivity index is 2.52. The van der Waals surface area contributed by atoms with Crippen molar-refractivity contribution in [3.63, 3.8) is 0 Å². The number of carbonyl (C=O) groups is 1. The number of fused-ring (bicyclic) bond motifs is 1. The molecule has 0 unspecified atom stereocenters. The average Bonchev–Trinajstić information content (AvgIpc) is 2.61. The lowest BCUT2D eigenvalue weighted by atomic mass is 10.2. The Morgan fingerprint density at radius 2 is 2.05 bits per heavy atom. The van der Waals surface area contributed by atoms with E-state index in [1.54, 1.807) is 45.0 Å². The minimum Gasteiger partial charge on any atom is -0.443 e. The van der Waals surface area contributed by atoms with Crippen molar-refractivity contribution in [2.45, 2.75) is 26.4 Å². The number of halogens is 1. The Labute approximate surface area is 116 Å². The maximum absolute atomic E-state index is 12.1. The summed E-state index contributed by atoms with van der Waals surface area (Å²) in [5.41, 5.74) is 0.549. The molecular formula is C14H13ClN2O2. The van der Waals surface area contributed by atoms with Crippen molar-refractivity contribution in [2.75, 3.05) is 0 Å². The lowest BCUT2D eigenvalue weighted by Crippen LogP contribution is -2.27. The van der Waals surface area contributed by atoms with Crippen LogP contribution in [0.3, 0.4) is 0 Å². The number of nitriles is 1. The van der Waals surface area contributed by atoms with E-state index >= 15 is 0 Å². The molecule has 0 bridgehead atoms. The molecule has 2 aromatic rings. The highest BCUT2D eigenvalue weighted by Crippen LogP contribution is 2.25. The Hall–Kier alpha value is -1.99. The zero-order valence-electron chi connectivity index (χ0n) is 10.9. The van der Waals surface area contributed by atoms with E-state index in [0.29, 0.717) is 11.1 Å². The van der Waals surface area contributed by atoms with Crippen molar-refractivity contribution >= 4 is 28.6 Å². The number of carbonyl (C=O) groups excluding carboxylic acids is 1. The molecule has 1 aromatic carbocycles. The zero-order valence-corrected chi connectivity index (χ0v) is 11.7. The number of rotatable bonds is 0. The van der Waals surface area contributed by atoms with Crippen LogP contribution in [-0.2, 0) is 4.74 Å². The monoisotopic (exact) mass is 276 g/mol. The Bertz CT molecular complexity index is 690. The van der Waals surface area contributed by atoms with E-state index in [1.807, 2.05) is 6.07 Å². The second-order valence-corrected chi connectivity index (χ2v) is 5.56. The first-order chi connectivity index (χ1) is 8.81. The fraction of sp³-hybridized carbons (Fsp3) is 0.286. The van der Waals surface area contributed by atoms with Gasteiger partial charge < -0.3 is 4.74 Å². The molecule has 0 spiro atoms. The fourth-order valence-electron chi connectivity index (χ4n) is 1.74. The summed E-state index contributed by atoms with van der Waals surface area (Å²) < 4.78 is 6.60. The van der Waals surface area contributed by atoms with Crippen LogP contribution in [0.25, 0.3) is 10.9 Å².